The quantitative estimate of drug-likeness (QED) is 0.557. The monoisotopic (exact) mass is 200 g/mol. The van der Waals surface area contributed by atoms with Crippen LogP contribution in [-0.2, 0) is 9.53 Å². The topological polar surface area (TPSA) is 66.8 Å². The van der Waals surface area contributed by atoms with Crippen molar-refractivity contribution in [2.75, 3.05) is 7.11 Å². The van der Waals surface area contributed by atoms with Crippen LogP contribution < -0.4 is 0 Å². The predicted octanol–water partition coefficient (Wildman–Crippen LogP) is 1.28. The van der Waals surface area contributed by atoms with Gasteiger partial charge in [0.1, 0.15) is 0 Å². The zero-order valence-electron chi connectivity index (χ0n) is 7.40. The summed E-state index contributed by atoms with van der Waals surface area (Å²) in [5.41, 5.74) is -0.0628. The number of aromatic hydroxyl groups is 2. The van der Waals surface area contributed by atoms with Crippen molar-refractivity contribution in [2.45, 2.75) is 6.17 Å². The van der Waals surface area contributed by atoms with E-state index in [4.69, 9.17) is 10.2 Å². The van der Waals surface area contributed by atoms with Crippen molar-refractivity contribution in [3.63, 3.8) is 0 Å². The second kappa shape index (κ2) is 3.95. The molecule has 0 saturated heterocycles. The Morgan fingerprint density at radius 3 is 2.57 bits per heavy atom. The molecule has 0 saturated carbocycles. The lowest BCUT2D eigenvalue weighted by Crippen LogP contribution is -2.09. The molecule has 2 N–H and O–H groups in total. The van der Waals surface area contributed by atoms with Crippen LogP contribution in [0.3, 0.4) is 0 Å². The summed E-state index contributed by atoms with van der Waals surface area (Å²) in [6, 6.07) is 3.26. The van der Waals surface area contributed by atoms with Gasteiger partial charge in [0.05, 0.1) is 7.11 Å². The third kappa shape index (κ3) is 1.93. The normalized spacial score (nSPS) is 12.1. The molecule has 0 amide bonds. The Balaban J connectivity index is 2.96. The van der Waals surface area contributed by atoms with Crippen molar-refractivity contribution in [3.05, 3.63) is 23.8 Å². The molecule has 1 aromatic carbocycles. The minimum absolute atomic E-state index is 0.0628. The molecule has 1 rings (SSSR count). The Morgan fingerprint density at radius 1 is 1.43 bits per heavy atom. The molecule has 0 bridgehead atoms. The molecule has 0 fully saturated rings. The zero-order valence-corrected chi connectivity index (χ0v) is 7.40. The number of benzene rings is 1. The zero-order chi connectivity index (χ0) is 10.7. The number of carbonyl (C=O) groups is 1. The molecule has 4 nitrogen and oxygen atoms in total. The second-order valence-electron chi connectivity index (χ2n) is 2.63. The number of phenols is 2. The van der Waals surface area contributed by atoms with Gasteiger partial charge < -0.3 is 14.9 Å². The highest BCUT2D eigenvalue weighted by molar-refractivity contribution is 5.76. The van der Waals surface area contributed by atoms with Crippen LogP contribution >= 0.6 is 0 Å². The van der Waals surface area contributed by atoms with Crippen LogP contribution in [0.2, 0.25) is 0 Å². The highest BCUT2D eigenvalue weighted by Crippen LogP contribution is 2.29. The number of hydrogen-bond donors (Lipinski definition) is 2. The van der Waals surface area contributed by atoms with Crippen LogP contribution in [0.25, 0.3) is 0 Å². The number of phenolic OH excluding ortho intramolecular Hbond substituents is 2. The Bertz CT molecular complexity index is 351. The van der Waals surface area contributed by atoms with E-state index >= 15 is 0 Å². The van der Waals surface area contributed by atoms with Crippen molar-refractivity contribution in [3.8, 4) is 11.5 Å². The van der Waals surface area contributed by atoms with Crippen molar-refractivity contribution < 1.29 is 24.1 Å². The SMILES string of the molecule is COC(=O)C(F)c1ccc(O)c(O)c1. The summed E-state index contributed by atoms with van der Waals surface area (Å²) in [4.78, 5) is 10.8. The van der Waals surface area contributed by atoms with E-state index in [1.165, 1.54) is 6.07 Å². The Hall–Kier alpha value is -1.78. The lowest BCUT2D eigenvalue weighted by Gasteiger charge is -2.06. The maximum absolute atomic E-state index is 13.2. The molecule has 0 aliphatic rings. The minimum atomic E-state index is -1.95. The van der Waals surface area contributed by atoms with Gasteiger partial charge in [0.15, 0.2) is 11.5 Å². The van der Waals surface area contributed by atoms with Crippen LogP contribution in [0.4, 0.5) is 4.39 Å². The molecule has 0 spiro atoms. The van der Waals surface area contributed by atoms with Gasteiger partial charge in [-0.05, 0) is 12.1 Å². The molecule has 0 aliphatic heterocycles. The highest BCUT2D eigenvalue weighted by Gasteiger charge is 2.21. The fraction of sp³-hybridized carbons (Fsp3) is 0.222. The molecular weight excluding hydrogens is 191 g/mol. The lowest BCUT2D eigenvalue weighted by molar-refractivity contribution is -0.146. The first-order valence-corrected chi connectivity index (χ1v) is 3.80. The summed E-state index contributed by atoms with van der Waals surface area (Å²) < 4.78 is 17.4. The molecule has 14 heavy (non-hydrogen) atoms. The second-order valence-corrected chi connectivity index (χ2v) is 2.63. The van der Waals surface area contributed by atoms with Crippen LogP contribution in [0.5, 0.6) is 11.5 Å². The molecule has 76 valence electrons. The minimum Gasteiger partial charge on any atom is -0.504 e. The average molecular weight is 200 g/mol. The summed E-state index contributed by atoms with van der Waals surface area (Å²) in [5.74, 6) is -1.89. The first kappa shape index (κ1) is 10.3. The first-order chi connectivity index (χ1) is 6.56. The Kier molecular flexibility index (Phi) is 2.91. The molecule has 0 aliphatic carbocycles. The van der Waals surface area contributed by atoms with E-state index in [0.717, 1.165) is 19.2 Å². The number of carbonyl (C=O) groups excluding carboxylic acids is 1. The van der Waals surface area contributed by atoms with Crippen LogP contribution in [-0.4, -0.2) is 23.3 Å². The number of methoxy groups -OCH3 is 1. The van der Waals surface area contributed by atoms with Gasteiger partial charge in [0.25, 0.3) is 0 Å². The highest BCUT2D eigenvalue weighted by atomic mass is 19.1. The number of halogens is 1. The number of hydrogen-bond acceptors (Lipinski definition) is 4. The molecule has 0 heterocycles. The van der Waals surface area contributed by atoms with E-state index < -0.39 is 17.9 Å². The summed E-state index contributed by atoms with van der Waals surface area (Å²) >= 11 is 0. The van der Waals surface area contributed by atoms with Crippen LogP contribution in [0.15, 0.2) is 18.2 Å². The summed E-state index contributed by atoms with van der Waals surface area (Å²) in [6.45, 7) is 0. The fourth-order valence-corrected chi connectivity index (χ4v) is 0.938. The van der Waals surface area contributed by atoms with Gasteiger partial charge in [-0.15, -0.1) is 0 Å². The van der Waals surface area contributed by atoms with Gasteiger partial charge in [-0.1, -0.05) is 6.07 Å². The van der Waals surface area contributed by atoms with Crippen LogP contribution in [0, 0.1) is 0 Å². The molecule has 5 heteroatoms. The average Bonchev–Trinajstić information content (AvgIpc) is 2.20. The van der Waals surface area contributed by atoms with Gasteiger partial charge in [-0.25, -0.2) is 9.18 Å². The standard InChI is InChI=1S/C9H9FO4/c1-14-9(13)8(10)5-2-3-6(11)7(12)4-5/h2-4,8,11-12H,1H3. The smallest absolute Gasteiger partial charge is 0.345 e. The lowest BCUT2D eigenvalue weighted by atomic mass is 10.1. The van der Waals surface area contributed by atoms with Crippen molar-refractivity contribution in [1.29, 1.82) is 0 Å². The number of alkyl halides is 1. The maximum Gasteiger partial charge on any atom is 0.345 e. The molecular formula is C9H9FO4. The van der Waals surface area contributed by atoms with Gasteiger partial charge >= 0.3 is 5.97 Å². The molecule has 1 atom stereocenters. The number of esters is 1. The number of rotatable bonds is 2. The van der Waals surface area contributed by atoms with E-state index in [1.54, 1.807) is 0 Å². The van der Waals surface area contributed by atoms with Crippen molar-refractivity contribution in [2.24, 2.45) is 0 Å². The fourth-order valence-electron chi connectivity index (χ4n) is 0.938. The summed E-state index contributed by atoms with van der Waals surface area (Å²) in [5, 5.41) is 18.0. The maximum atomic E-state index is 13.2. The van der Waals surface area contributed by atoms with Gasteiger partial charge in [0, 0.05) is 5.56 Å². The Morgan fingerprint density at radius 2 is 2.07 bits per heavy atom. The molecule has 0 radical (unpaired) electrons. The van der Waals surface area contributed by atoms with E-state index in [1.807, 2.05) is 0 Å². The van der Waals surface area contributed by atoms with E-state index in [2.05, 4.69) is 4.74 Å². The third-order valence-corrected chi connectivity index (χ3v) is 1.70. The summed E-state index contributed by atoms with van der Waals surface area (Å²) in [6.07, 6.45) is -1.95. The number of ether oxygens (including phenoxy) is 1. The first-order valence-electron chi connectivity index (χ1n) is 3.80. The van der Waals surface area contributed by atoms with Crippen molar-refractivity contribution >= 4 is 5.97 Å². The molecule has 1 aromatic rings. The van der Waals surface area contributed by atoms with Gasteiger partial charge in [-0.3, -0.25) is 0 Å². The summed E-state index contributed by atoms with van der Waals surface area (Å²) in [7, 11) is 1.06. The van der Waals surface area contributed by atoms with Crippen LogP contribution in [0.1, 0.15) is 11.7 Å². The van der Waals surface area contributed by atoms with E-state index in [0.29, 0.717) is 0 Å². The molecule has 1 unspecified atom stereocenters. The van der Waals surface area contributed by atoms with Gasteiger partial charge in [0.2, 0.25) is 6.17 Å². The third-order valence-electron chi connectivity index (χ3n) is 1.70. The van der Waals surface area contributed by atoms with E-state index in [-0.39, 0.29) is 11.3 Å². The van der Waals surface area contributed by atoms with E-state index in [9.17, 15) is 9.18 Å². The van der Waals surface area contributed by atoms with Crippen molar-refractivity contribution in [1.82, 2.24) is 0 Å². The predicted molar refractivity (Wildman–Crippen MR) is 45.6 cm³/mol. The largest absolute Gasteiger partial charge is 0.504 e. The Labute approximate surface area is 79.6 Å². The molecule has 0 aromatic heterocycles. The van der Waals surface area contributed by atoms with Gasteiger partial charge in [-0.2, -0.15) is 0 Å².